The maximum Gasteiger partial charge on any atom is 0.410 e. The van der Waals surface area contributed by atoms with Crippen molar-refractivity contribution in [3.8, 4) is 0 Å². The first-order valence-electron chi connectivity index (χ1n) is 11.4. The molecule has 3 rings (SSSR count). The molecule has 2 aliphatic rings. The highest BCUT2D eigenvalue weighted by Gasteiger charge is 2.35. The first-order valence-corrected chi connectivity index (χ1v) is 11.4. The van der Waals surface area contributed by atoms with Crippen LogP contribution in [0.3, 0.4) is 0 Å². The fraction of sp³-hybridized carbons (Fsp3) is 0.652. The average Bonchev–Trinajstić information content (AvgIpc) is 3.56. The minimum absolute atomic E-state index is 0.0993. The molecule has 0 aromatic heterocycles. The van der Waals surface area contributed by atoms with Crippen molar-refractivity contribution in [1.82, 2.24) is 15.1 Å². The molecule has 1 aliphatic carbocycles. The van der Waals surface area contributed by atoms with Crippen molar-refractivity contribution in [1.29, 1.82) is 0 Å². The summed E-state index contributed by atoms with van der Waals surface area (Å²) in [7, 11) is 1.72. The second kappa shape index (κ2) is 10.2. The summed E-state index contributed by atoms with van der Waals surface area (Å²) in [5, 5.41) is 14.5. The summed E-state index contributed by atoms with van der Waals surface area (Å²) in [5.41, 5.74) is 0.210. The summed E-state index contributed by atoms with van der Waals surface area (Å²) in [6, 6.07) is 6.87. The quantitative estimate of drug-likeness (QED) is 0.310. The fourth-order valence-electron chi connectivity index (χ4n) is 4.01. The lowest BCUT2D eigenvalue weighted by Gasteiger charge is -2.40. The Morgan fingerprint density at radius 1 is 1.25 bits per heavy atom. The Hall–Kier alpha value is -2.84. The number of aliphatic imine (C=N–C) groups is 1. The molecule has 176 valence electrons. The molecule has 0 radical (unpaired) electrons. The molecule has 0 bridgehead atoms. The molecule has 1 N–H and O–H groups in total. The van der Waals surface area contributed by atoms with Crippen LogP contribution in [-0.2, 0) is 11.3 Å². The monoisotopic (exact) mass is 445 g/mol. The Morgan fingerprint density at radius 3 is 2.47 bits per heavy atom. The number of nitro benzene ring substituents is 1. The van der Waals surface area contributed by atoms with Crippen molar-refractivity contribution < 1.29 is 14.5 Å². The van der Waals surface area contributed by atoms with Gasteiger partial charge in [-0.05, 0) is 52.4 Å². The second-order valence-electron chi connectivity index (χ2n) is 9.58. The van der Waals surface area contributed by atoms with Gasteiger partial charge < -0.3 is 19.9 Å². The van der Waals surface area contributed by atoms with E-state index in [0.717, 1.165) is 32.5 Å². The van der Waals surface area contributed by atoms with Gasteiger partial charge in [-0.1, -0.05) is 18.2 Å². The van der Waals surface area contributed by atoms with Crippen LogP contribution in [0, 0.1) is 16.0 Å². The van der Waals surface area contributed by atoms with E-state index >= 15 is 0 Å². The molecule has 1 aliphatic heterocycles. The van der Waals surface area contributed by atoms with E-state index < -0.39 is 5.60 Å². The highest BCUT2D eigenvalue weighted by Crippen LogP contribution is 2.32. The Morgan fingerprint density at radius 2 is 1.91 bits per heavy atom. The summed E-state index contributed by atoms with van der Waals surface area (Å²) >= 11 is 0. The van der Waals surface area contributed by atoms with Crippen LogP contribution in [0.15, 0.2) is 29.3 Å². The van der Waals surface area contributed by atoms with Crippen molar-refractivity contribution in [2.75, 3.05) is 26.7 Å². The summed E-state index contributed by atoms with van der Waals surface area (Å²) in [4.78, 5) is 32.2. The number of nitro groups is 1. The molecular formula is C23H35N5O4. The second-order valence-corrected chi connectivity index (χ2v) is 9.58. The molecule has 1 saturated heterocycles. The highest BCUT2D eigenvalue weighted by molar-refractivity contribution is 5.80. The number of hydrogen-bond donors (Lipinski definition) is 1. The van der Waals surface area contributed by atoms with E-state index in [1.807, 2.05) is 25.7 Å². The van der Waals surface area contributed by atoms with E-state index in [4.69, 9.17) is 4.74 Å². The Balaban J connectivity index is 1.58. The average molecular weight is 446 g/mol. The number of likely N-dealkylation sites (tertiary alicyclic amines) is 1. The summed E-state index contributed by atoms with van der Waals surface area (Å²) in [5.74, 6) is 1.31. The molecule has 2 fully saturated rings. The maximum atomic E-state index is 12.8. The highest BCUT2D eigenvalue weighted by atomic mass is 16.6. The number of nitrogens with one attached hydrogen (secondary N) is 1. The van der Waals surface area contributed by atoms with E-state index in [-0.39, 0.29) is 22.7 Å². The van der Waals surface area contributed by atoms with Gasteiger partial charge in [-0.3, -0.25) is 15.1 Å². The number of carbonyl (C=O) groups is 1. The molecule has 0 atom stereocenters. The molecule has 1 amide bonds. The Bertz CT molecular complexity index is 839. The largest absolute Gasteiger partial charge is 0.444 e. The molecule has 9 nitrogen and oxygen atoms in total. The predicted octanol–water partition coefficient (Wildman–Crippen LogP) is 3.78. The topological polar surface area (TPSA) is 100 Å². The number of para-hydroxylation sites is 1. The molecule has 1 heterocycles. The minimum atomic E-state index is -0.508. The molecule has 0 unspecified atom stereocenters. The van der Waals surface area contributed by atoms with Crippen LogP contribution in [-0.4, -0.2) is 65.1 Å². The van der Waals surface area contributed by atoms with Gasteiger partial charge in [0.2, 0.25) is 0 Å². The molecular weight excluding hydrogens is 410 g/mol. The van der Waals surface area contributed by atoms with Gasteiger partial charge in [0.15, 0.2) is 5.96 Å². The van der Waals surface area contributed by atoms with E-state index in [2.05, 4.69) is 15.2 Å². The van der Waals surface area contributed by atoms with E-state index in [9.17, 15) is 14.9 Å². The first-order chi connectivity index (χ1) is 15.2. The normalized spacial score (nSPS) is 17.8. The minimum Gasteiger partial charge on any atom is -0.444 e. The molecule has 1 aromatic rings. The Labute approximate surface area is 190 Å². The summed E-state index contributed by atoms with van der Waals surface area (Å²) in [6.07, 6.45) is 3.80. The van der Waals surface area contributed by atoms with Crippen LogP contribution in [0.1, 0.15) is 52.0 Å². The number of hydrogen-bond acceptors (Lipinski definition) is 5. The van der Waals surface area contributed by atoms with Crippen molar-refractivity contribution in [2.45, 2.75) is 64.6 Å². The maximum absolute atomic E-state index is 12.8. The molecule has 1 saturated carbocycles. The molecule has 9 heteroatoms. The van der Waals surface area contributed by atoms with Gasteiger partial charge in [0.05, 0.1) is 4.92 Å². The third-order valence-corrected chi connectivity index (χ3v) is 5.82. The van der Waals surface area contributed by atoms with Crippen molar-refractivity contribution in [2.24, 2.45) is 10.9 Å². The fourth-order valence-corrected chi connectivity index (χ4v) is 4.01. The van der Waals surface area contributed by atoms with Gasteiger partial charge in [0.25, 0.3) is 5.69 Å². The van der Waals surface area contributed by atoms with E-state index in [1.165, 1.54) is 18.9 Å². The zero-order valence-corrected chi connectivity index (χ0v) is 19.5. The first kappa shape index (κ1) is 23.8. The van der Waals surface area contributed by atoms with Crippen LogP contribution >= 0.6 is 0 Å². The predicted molar refractivity (Wildman–Crippen MR) is 124 cm³/mol. The van der Waals surface area contributed by atoms with Gasteiger partial charge in [0, 0.05) is 50.9 Å². The number of carbonyl (C=O) groups excluding carboxylic acids is 1. The van der Waals surface area contributed by atoms with Gasteiger partial charge in [-0.2, -0.15) is 0 Å². The number of benzene rings is 1. The van der Waals surface area contributed by atoms with Crippen LogP contribution in [0.2, 0.25) is 0 Å². The lowest BCUT2D eigenvalue weighted by Crippen LogP contribution is -2.52. The molecule has 32 heavy (non-hydrogen) atoms. The van der Waals surface area contributed by atoms with Gasteiger partial charge in [-0.25, -0.2) is 4.79 Å². The van der Waals surface area contributed by atoms with Gasteiger partial charge >= 0.3 is 6.09 Å². The molecule has 1 aromatic carbocycles. The SMILES string of the molecule is CN=C(NCc1ccccc1[N+](=O)[O-])N1CCC(N(CC2CC2)C(=O)OC(C)(C)C)CC1. The number of ether oxygens (including phenoxy) is 1. The smallest absolute Gasteiger partial charge is 0.410 e. The zero-order valence-electron chi connectivity index (χ0n) is 19.5. The molecule has 0 spiro atoms. The third-order valence-electron chi connectivity index (χ3n) is 5.82. The van der Waals surface area contributed by atoms with Gasteiger partial charge in [-0.15, -0.1) is 0 Å². The lowest BCUT2D eigenvalue weighted by atomic mass is 10.0. The van der Waals surface area contributed by atoms with E-state index in [0.29, 0.717) is 24.0 Å². The van der Waals surface area contributed by atoms with Crippen molar-refractivity contribution in [3.63, 3.8) is 0 Å². The number of guanidine groups is 1. The van der Waals surface area contributed by atoms with Crippen molar-refractivity contribution >= 4 is 17.7 Å². The number of amides is 1. The summed E-state index contributed by atoms with van der Waals surface area (Å²) in [6.45, 7) is 8.30. The summed E-state index contributed by atoms with van der Waals surface area (Å²) < 4.78 is 5.68. The van der Waals surface area contributed by atoms with Crippen molar-refractivity contribution in [3.05, 3.63) is 39.9 Å². The number of rotatable bonds is 6. The number of piperidine rings is 1. The van der Waals surface area contributed by atoms with Gasteiger partial charge in [0.1, 0.15) is 5.60 Å². The van der Waals surface area contributed by atoms with Crippen LogP contribution in [0.25, 0.3) is 0 Å². The van der Waals surface area contributed by atoms with E-state index in [1.54, 1.807) is 25.2 Å². The number of nitrogens with zero attached hydrogens (tertiary/aromatic N) is 4. The van der Waals surface area contributed by atoms with Crippen LogP contribution in [0.5, 0.6) is 0 Å². The lowest BCUT2D eigenvalue weighted by molar-refractivity contribution is -0.385. The van der Waals surface area contributed by atoms with Crippen LogP contribution in [0.4, 0.5) is 10.5 Å². The Kier molecular flexibility index (Phi) is 7.58. The third kappa shape index (κ3) is 6.58. The van der Waals surface area contributed by atoms with Crippen LogP contribution < -0.4 is 5.32 Å². The zero-order chi connectivity index (χ0) is 23.3. The standard InChI is InChI=1S/C23H35N5O4/c1-23(2,3)32-22(29)27(16-17-9-10-17)19-11-13-26(14-12-19)21(24-4)25-15-18-7-5-6-8-20(18)28(30)31/h5-8,17,19H,9-16H2,1-4H3,(H,24,25).